The summed E-state index contributed by atoms with van der Waals surface area (Å²) in [5.74, 6) is -0.212. The smallest absolute Gasteiger partial charge is 0.338 e. The maximum atomic E-state index is 11.8. The van der Waals surface area contributed by atoms with E-state index in [0.29, 0.717) is 16.6 Å². The number of carbonyl (C=O) groups is 1. The van der Waals surface area contributed by atoms with Gasteiger partial charge in [0.2, 0.25) is 0 Å². The van der Waals surface area contributed by atoms with E-state index >= 15 is 0 Å². The van der Waals surface area contributed by atoms with Crippen LogP contribution < -0.4 is 0 Å². The van der Waals surface area contributed by atoms with Crippen molar-refractivity contribution in [3.8, 4) is 5.75 Å². The highest BCUT2D eigenvalue weighted by molar-refractivity contribution is 9.10. The predicted octanol–water partition coefficient (Wildman–Crippen LogP) is 5.84. The minimum atomic E-state index is -0.333. The van der Waals surface area contributed by atoms with E-state index in [1.54, 1.807) is 12.1 Å². The van der Waals surface area contributed by atoms with E-state index < -0.39 is 0 Å². The highest BCUT2D eigenvalue weighted by atomic mass is 79.9. The number of carbonyl (C=O) groups excluding carboxylic acids is 1. The summed E-state index contributed by atoms with van der Waals surface area (Å²) in [5, 5.41) is 9.39. The first-order chi connectivity index (χ1) is 10.6. The van der Waals surface area contributed by atoms with E-state index in [2.05, 4.69) is 22.9 Å². The van der Waals surface area contributed by atoms with Crippen molar-refractivity contribution in [1.82, 2.24) is 0 Å². The number of aromatic hydroxyl groups is 1. The SMILES string of the molecule is CCCCCCCCCCCOC(=O)c1ccc(O)c(Br)c1. The Bertz CT molecular complexity index is 446. The van der Waals surface area contributed by atoms with Crippen LogP contribution in [0.25, 0.3) is 0 Å². The third kappa shape index (κ3) is 7.83. The minimum absolute atomic E-state index is 0.121. The lowest BCUT2D eigenvalue weighted by atomic mass is 10.1. The monoisotopic (exact) mass is 370 g/mol. The number of hydrogen-bond donors (Lipinski definition) is 1. The van der Waals surface area contributed by atoms with Crippen molar-refractivity contribution in [2.24, 2.45) is 0 Å². The van der Waals surface area contributed by atoms with Crippen LogP contribution >= 0.6 is 15.9 Å². The Morgan fingerprint density at radius 2 is 1.64 bits per heavy atom. The molecule has 0 unspecified atom stereocenters. The van der Waals surface area contributed by atoms with Gasteiger partial charge in [-0.1, -0.05) is 58.3 Å². The van der Waals surface area contributed by atoms with Gasteiger partial charge in [-0.25, -0.2) is 4.79 Å². The van der Waals surface area contributed by atoms with Crippen LogP contribution in [0.15, 0.2) is 22.7 Å². The van der Waals surface area contributed by atoms with Crippen molar-refractivity contribution < 1.29 is 14.6 Å². The van der Waals surface area contributed by atoms with Crippen LogP contribution in [0.5, 0.6) is 5.75 Å². The summed E-state index contributed by atoms with van der Waals surface area (Å²) in [4.78, 5) is 11.8. The molecule has 0 aliphatic heterocycles. The molecular weight excluding hydrogens is 344 g/mol. The molecule has 0 atom stereocenters. The molecule has 124 valence electrons. The molecule has 0 saturated heterocycles. The molecule has 0 bridgehead atoms. The van der Waals surface area contributed by atoms with Crippen LogP contribution in [0.2, 0.25) is 0 Å². The molecular formula is C18H27BrO3. The Labute approximate surface area is 142 Å². The first-order valence-electron chi connectivity index (χ1n) is 8.30. The number of ether oxygens (including phenoxy) is 1. The second kappa shape index (κ2) is 11.5. The third-order valence-corrected chi connectivity index (χ3v) is 4.30. The second-order valence-corrected chi connectivity index (χ2v) is 6.48. The summed E-state index contributed by atoms with van der Waals surface area (Å²) in [7, 11) is 0. The van der Waals surface area contributed by atoms with Gasteiger partial charge in [0.15, 0.2) is 0 Å². The predicted molar refractivity (Wildman–Crippen MR) is 93.3 cm³/mol. The van der Waals surface area contributed by atoms with Gasteiger partial charge < -0.3 is 9.84 Å². The zero-order valence-corrected chi connectivity index (χ0v) is 15.0. The number of phenolic OH excluding ortho intramolecular Hbond substituents is 1. The molecule has 0 aliphatic carbocycles. The maximum Gasteiger partial charge on any atom is 0.338 e. The highest BCUT2D eigenvalue weighted by Gasteiger charge is 2.09. The van der Waals surface area contributed by atoms with E-state index in [0.717, 1.165) is 12.8 Å². The lowest BCUT2D eigenvalue weighted by Crippen LogP contribution is -2.06. The fourth-order valence-corrected chi connectivity index (χ4v) is 2.67. The van der Waals surface area contributed by atoms with Gasteiger partial charge in [-0.3, -0.25) is 0 Å². The zero-order valence-electron chi connectivity index (χ0n) is 13.4. The van der Waals surface area contributed by atoms with Crippen LogP contribution in [0, 0.1) is 0 Å². The van der Waals surface area contributed by atoms with E-state index in [9.17, 15) is 9.90 Å². The Morgan fingerprint density at radius 3 is 2.23 bits per heavy atom. The summed E-state index contributed by atoms with van der Waals surface area (Å²) in [6.07, 6.45) is 11.2. The lowest BCUT2D eigenvalue weighted by molar-refractivity contribution is 0.0497. The van der Waals surface area contributed by atoms with Gasteiger partial charge in [0.05, 0.1) is 16.6 Å². The normalized spacial score (nSPS) is 10.6. The molecule has 0 saturated carbocycles. The molecule has 0 amide bonds. The Balaban J connectivity index is 2.04. The fourth-order valence-electron chi connectivity index (χ4n) is 2.29. The largest absolute Gasteiger partial charge is 0.507 e. The topological polar surface area (TPSA) is 46.5 Å². The molecule has 0 aromatic heterocycles. The maximum absolute atomic E-state index is 11.8. The summed E-state index contributed by atoms with van der Waals surface area (Å²) in [5.41, 5.74) is 0.459. The molecule has 0 heterocycles. The van der Waals surface area contributed by atoms with Crippen molar-refractivity contribution in [2.45, 2.75) is 64.7 Å². The number of hydrogen-bond acceptors (Lipinski definition) is 3. The van der Waals surface area contributed by atoms with Gasteiger partial charge in [0.1, 0.15) is 5.75 Å². The molecule has 22 heavy (non-hydrogen) atoms. The quantitative estimate of drug-likeness (QED) is 0.392. The molecule has 0 fully saturated rings. The fraction of sp³-hybridized carbons (Fsp3) is 0.611. The van der Waals surface area contributed by atoms with Crippen molar-refractivity contribution in [3.63, 3.8) is 0 Å². The van der Waals surface area contributed by atoms with Crippen molar-refractivity contribution in [1.29, 1.82) is 0 Å². The number of halogens is 1. The van der Waals surface area contributed by atoms with E-state index in [1.807, 2.05) is 0 Å². The number of rotatable bonds is 11. The van der Waals surface area contributed by atoms with E-state index in [-0.39, 0.29) is 11.7 Å². The van der Waals surface area contributed by atoms with Crippen LogP contribution in [-0.4, -0.2) is 17.7 Å². The molecule has 0 aliphatic rings. The molecule has 0 radical (unpaired) electrons. The van der Waals surface area contributed by atoms with Crippen molar-refractivity contribution in [3.05, 3.63) is 28.2 Å². The first kappa shape index (κ1) is 19.0. The summed E-state index contributed by atoms with van der Waals surface area (Å²) >= 11 is 3.19. The van der Waals surface area contributed by atoms with Crippen LogP contribution in [-0.2, 0) is 4.74 Å². The Morgan fingerprint density at radius 1 is 1.05 bits per heavy atom. The molecule has 1 aromatic carbocycles. The molecule has 1 aromatic rings. The Hall–Kier alpha value is -1.03. The van der Waals surface area contributed by atoms with E-state index in [1.165, 1.54) is 51.0 Å². The van der Waals surface area contributed by atoms with Crippen molar-refractivity contribution in [2.75, 3.05) is 6.61 Å². The third-order valence-electron chi connectivity index (χ3n) is 3.66. The molecule has 0 spiro atoms. The van der Waals surface area contributed by atoms with Crippen LogP contribution in [0.4, 0.5) is 0 Å². The molecule has 1 N–H and O–H groups in total. The minimum Gasteiger partial charge on any atom is -0.507 e. The average Bonchev–Trinajstić information content (AvgIpc) is 2.51. The average molecular weight is 371 g/mol. The second-order valence-electron chi connectivity index (χ2n) is 5.63. The van der Waals surface area contributed by atoms with Crippen LogP contribution in [0.1, 0.15) is 75.1 Å². The van der Waals surface area contributed by atoms with Gasteiger partial charge >= 0.3 is 5.97 Å². The number of benzene rings is 1. The standard InChI is InChI=1S/C18H27BrO3/c1-2-3-4-5-6-7-8-9-10-13-22-18(21)15-11-12-17(20)16(19)14-15/h11-12,14,20H,2-10,13H2,1H3. The summed E-state index contributed by atoms with van der Waals surface area (Å²) in [6.45, 7) is 2.70. The highest BCUT2D eigenvalue weighted by Crippen LogP contribution is 2.24. The van der Waals surface area contributed by atoms with Crippen LogP contribution in [0.3, 0.4) is 0 Å². The number of esters is 1. The Kier molecular flexibility index (Phi) is 9.96. The van der Waals surface area contributed by atoms with Gasteiger partial charge in [-0.05, 0) is 40.5 Å². The van der Waals surface area contributed by atoms with Gasteiger partial charge in [0, 0.05) is 0 Å². The van der Waals surface area contributed by atoms with Gasteiger partial charge in [-0.15, -0.1) is 0 Å². The van der Waals surface area contributed by atoms with Gasteiger partial charge in [0.25, 0.3) is 0 Å². The number of phenols is 1. The van der Waals surface area contributed by atoms with Crippen molar-refractivity contribution >= 4 is 21.9 Å². The molecule has 3 nitrogen and oxygen atoms in total. The zero-order chi connectivity index (χ0) is 16.2. The lowest BCUT2D eigenvalue weighted by Gasteiger charge is -2.06. The number of unbranched alkanes of at least 4 members (excludes halogenated alkanes) is 8. The summed E-state index contributed by atoms with van der Waals surface area (Å²) < 4.78 is 5.75. The summed E-state index contributed by atoms with van der Waals surface area (Å²) in [6, 6.07) is 4.63. The molecule has 1 rings (SSSR count). The first-order valence-corrected chi connectivity index (χ1v) is 9.10. The van der Waals surface area contributed by atoms with E-state index in [4.69, 9.17) is 4.74 Å². The van der Waals surface area contributed by atoms with Gasteiger partial charge in [-0.2, -0.15) is 0 Å². The molecule has 4 heteroatoms.